The van der Waals surface area contributed by atoms with Crippen LogP contribution < -0.4 is 15.2 Å². The molecule has 3 unspecified atom stereocenters. The summed E-state index contributed by atoms with van der Waals surface area (Å²) in [5.41, 5.74) is 7.55. The molecule has 2 aliphatic carbocycles. The van der Waals surface area contributed by atoms with Crippen LogP contribution in [0.2, 0.25) is 0 Å². The molecule has 2 saturated carbocycles. The molecule has 1 aliphatic heterocycles. The van der Waals surface area contributed by atoms with Crippen LogP contribution in [0.3, 0.4) is 0 Å². The first-order chi connectivity index (χ1) is 9.20. The third-order valence-corrected chi connectivity index (χ3v) is 5.42. The third kappa shape index (κ3) is 1.61. The molecule has 2 bridgehead atoms. The molecular weight excluding hydrogens is 238 g/mol. The number of methoxy groups -OCH3 is 1. The van der Waals surface area contributed by atoms with Crippen LogP contribution in [0.15, 0.2) is 18.2 Å². The Kier molecular flexibility index (Phi) is 2.37. The highest BCUT2D eigenvalue weighted by atomic mass is 16.5. The average Bonchev–Trinajstić information content (AvgIpc) is 2.98. The van der Waals surface area contributed by atoms with Gasteiger partial charge in [-0.15, -0.1) is 0 Å². The van der Waals surface area contributed by atoms with E-state index in [1.54, 1.807) is 7.11 Å². The van der Waals surface area contributed by atoms with Crippen molar-refractivity contribution >= 4 is 0 Å². The molecule has 3 nitrogen and oxygen atoms in total. The minimum atomic E-state index is 0.0156. The first-order valence-corrected chi connectivity index (χ1v) is 7.33. The Labute approximate surface area is 114 Å². The van der Waals surface area contributed by atoms with Gasteiger partial charge in [0, 0.05) is 24.1 Å². The maximum Gasteiger partial charge on any atom is 0.128 e. The van der Waals surface area contributed by atoms with Crippen LogP contribution >= 0.6 is 0 Å². The summed E-state index contributed by atoms with van der Waals surface area (Å²) in [6.07, 6.45) is 6.22. The summed E-state index contributed by atoms with van der Waals surface area (Å²) >= 11 is 0. The van der Waals surface area contributed by atoms with E-state index < -0.39 is 0 Å². The van der Waals surface area contributed by atoms with Gasteiger partial charge < -0.3 is 15.2 Å². The van der Waals surface area contributed by atoms with E-state index in [4.69, 9.17) is 15.2 Å². The van der Waals surface area contributed by atoms with E-state index in [1.807, 2.05) is 12.1 Å². The van der Waals surface area contributed by atoms with Crippen molar-refractivity contribution in [2.75, 3.05) is 7.11 Å². The molecule has 0 amide bonds. The smallest absolute Gasteiger partial charge is 0.128 e. The topological polar surface area (TPSA) is 44.5 Å². The van der Waals surface area contributed by atoms with E-state index in [1.165, 1.54) is 25.7 Å². The van der Waals surface area contributed by atoms with Gasteiger partial charge in [-0.3, -0.25) is 0 Å². The number of hydrogen-bond acceptors (Lipinski definition) is 3. The van der Waals surface area contributed by atoms with Crippen LogP contribution in [0.4, 0.5) is 0 Å². The van der Waals surface area contributed by atoms with Crippen molar-refractivity contribution in [1.82, 2.24) is 0 Å². The molecule has 3 aliphatic rings. The second-order valence-electron chi connectivity index (χ2n) is 6.46. The fourth-order valence-corrected chi connectivity index (χ4v) is 4.55. The molecular formula is C16H21NO2. The molecule has 1 aromatic carbocycles. The van der Waals surface area contributed by atoms with Crippen LogP contribution in [0.25, 0.3) is 0 Å². The van der Waals surface area contributed by atoms with Gasteiger partial charge in [0.05, 0.1) is 7.11 Å². The summed E-state index contributed by atoms with van der Waals surface area (Å²) < 4.78 is 11.8. The molecule has 1 spiro atoms. The average molecular weight is 259 g/mol. The molecule has 2 fully saturated rings. The zero-order valence-corrected chi connectivity index (χ0v) is 11.4. The van der Waals surface area contributed by atoms with Crippen molar-refractivity contribution in [2.24, 2.45) is 17.6 Å². The van der Waals surface area contributed by atoms with Gasteiger partial charge in [-0.2, -0.15) is 0 Å². The minimum Gasteiger partial charge on any atom is -0.497 e. The van der Waals surface area contributed by atoms with Crippen molar-refractivity contribution in [3.63, 3.8) is 0 Å². The van der Waals surface area contributed by atoms with Crippen molar-refractivity contribution in [2.45, 2.75) is 43.7 Å². The summed E-state index contributed by atoms with van der Waals surface area (Å²) in [6, 6.07) is 6.14. The molecule has 4 rings (SSSR count). The van der Waals surface area contributed by atoms with Gasteiger partial charge in [-0.1, -0.05) is 6.07 Å². The lowest BCUT2D eigenvalue weighted by atomic mass is 9.76. The molecule has 19 heavy (non-hydrogen) atoms. The molecule has 2 N–H and O–H groups in total. The van der Waals surface area contributed by atoms with E-state index >= 15 is 0 Å². The number of benzene rings is 1. The lowest BCUT2D eigenvalue weighted by molar-refractivity contribution is -0.0142. The van der Waals surface area contributed by atoms with Gasteiger partial charge >= 0.3 is 0 Å². The van der Waals surface area contributed by atoms with E-state index in [0.29, 0.717) is 5.92 Å². The fraction of sp³-hybridized carbons (Fsp3) is 0.625. The Morgan fingerprint density at radius 3 is 2.89 bits per heavy atom. The van der Waals surface area contributed by atoms with E-state index in [0.717, 1.165) is 29.4 Å². The molecule has 4 atom stereocenters. The van der Waals surface area contributed by atoms with Gasteiger partial charge in [0.2, 0.25) is 0 Å². The van der Waals surface area contributed by atoms with E-state index in [-0.39, 0.29) is 11.6 Å². The second-order valence-corrected chi connectivity index (χ2v) is 6.46. The van der Waals surface area contributed by atoms with E-state index in [9.17, 15) is 0 Å². The maximum absolute atomic E-state index is 6.47. The first kappa shape index (κ1) is 11.6. The summed E-state index contributed by atoms with van der Waals surface area (Å²) in [5, 5.41) is 0. The monoisotopic (exact) mass is 259 g/mol. The van der Waals surface area contributed by atoms with Crippen LogP contribution in [0.5, 0.6) is 11.5 Å². The molecule has 0 saturated heterocycles. The number of ether oxygens (including phenoxy) is 2. The van der Waals surface area contributed by atoms with Crippen molar-refractivity contribution in [1.29, 1.82) is 0 Å². The summed E-state index contributed by atoms with van der Waals surface area (Å²) in [7, 11) is 1.69. The number of rotatable bonds is 1. The Hall–Kier alpha value is -1.22. The SMILES string of the molecule is COc1ccc2c(c1)OC1(CC3CCC1C3)C[C@@H]2N. The molecule has 0 radical (unpaired) electrons. The standard InChI is InChI=1S/C16H21NO2/c1-18-12-4-5-13-14(17)9-16(19-15(13)7-12)8-10-2-3-11(16)6-10/h4-5,7,10-11,14H,2-3,6,8-9,17H2,1H3/t10?,11?,14-,16?/m0/s1. The number of nitrogens with two attached hydrogens (primary N) is 1. The highest BCUT2D eigenvalue weighted by molar-refractivity contribution is 5.45. The Balaban J connectivity index is 1.73. The van der Waals surface area contributed by atoms with Crippen LogP contribution in [0.1, 0.15) is 43.7 Å². The van der Waals surface area contributed by atoms with Crippen molar-refractivity contribution in [3.8, 4) is 11.5 Å². The van der Waals surface area contributed by atoms with Gasteiger partial charge in [0.15, 0.2) is 0 Å². The normalized spacial score (nSPS) is 39.2. The van der Waals surface area contributed by atoms with Gasteiger partial charge in [0.1, 0.15) is 17.1 Å². The largest absolute Gasteiger partial charge is 0.497 e. The zero-order valence-electron chi connectivity index (χ0n) is 11.4. The molecule has 0 aromatic heterocycles. The Morgan fingerprint density at radius 1 is 1.32 bits per heavy atom. The van der Waals surface area contributed by atoms with Crippen molar-refractivity contribution < 1.29 is 9.47 Å². The maximum atomic E-state index is 6.47. The quantitative estimate of drug-likeness (QED) is 0.843. The predicted octanol–water partition coefficient (Wildman–Crippen LogP) is 3.04. The highest BCUT2D eigenvalue weighted by Gasteiger charge is 2.55. The fourth-order valence-electron chi connectivity index (χ4n) is 4.55. The molecule has 3 heteroatoms. The van der Waals surface area contributed by atoms with Gasteiger partial charge in [-0.25, -0.2) is 0 Å². The molecule has 1 heterocycles. The lowest BCUT2D eigenvalue weighted by Crippen LogP contribution is -2.47. The van der Waals surface area contributed by atoms with E-state index in [2.05, 4.69) is 6.07 Å². The second kappa shape index (κ2) is 3.89. The lowest BCUT2D eigenvalue weighted by Gasteiger charge is -2.44. The summed E-state index contributed by atoms with van der Waals surface area (Å²) in [4.78, 5) is 0. The molecule has 1 aromatic rings. The summed E-state index contributed by atoms with van der Waals surface area (Å²) in [6.45, 7) is 0. The van der Waals surface area contributed by atoms with Gasteiger partial charge in [0.25, 0.3) is 0 Å². The van der Waals surface area contributed by atoms with Crippen LogP contribution in [-0.2, 0) is 0 Å². The number of hydrogen-bond donors (Lipinski definition) is 1. The third-order valence-electron chi connectivity index (χ3n) is 5.42. The summed E-state index contributed by atoms with van der Waals surface area (Å²) in [5.74, 6) is 3.38. The predicted molar refractivity (Wildman–Crippen MR) is 73.3 cm³/mol. The molecule has 102 valence electrons. The highest BCUT2D eigenvalue weighted by Crippen LogP contribution is 2.57. The van der Waals surface area contributed by atoms with Gasteiger partial charge in [-0.05, 0) is 43.6 Å². The first-order valence-electron chi connectivity index (χ1n) is 7.33. The Bertz CT molecular complexity index is 515. The minimum absolute atomic E-state index is 0.0156. The Morgan fingerprint density at radius 2 is 2.21 bits per heavy atom. The number of fused-ring (bicyclic) bond motifs is 4. The van der Waals surface area contributed by atoms with Crippen LogP contribution in [0, 0.1) is 11.8 Å². The van der Waals surface area contributed by atoms with Crippen molar-refractivity contribution in [3.05, 3.63) is 23.8 Å². The van der Waals surface area contributed by atoms with Crippen LogP contribution in [-0.4, -0.2) is 12.7 Å². The zero-order chi connectivity index (χ0) is 13.0.